The van der Waals surface area contributed by atoms with Crippen LogP contribution in [0, 0.1) is 0 Å². The van der Waals surface area contributed by atoms with Gasteiger partial charge in [0.1, 0.15) is 0 Å². The van der Waals surface area contributed by atoms with Crippen molar-refractivity contribution in [3.05, 3.63) is 23.8 Å². The van der Waals surface area contributed by atoms with Crippen molar-refractivity contribution < 1.29 is 23.8 Å². The first-order chi connectivity index (χ1) is 11.9. The molecule has 1 aromatic carbocycles. The maximum absolute atomic E-state index is 12.4. The highest BCUT2D eigenvalue weighted by Crippen LogP contribution is 2.32. The summed E-state index contributed by atoms with van der Waals surface area (Å²) < 4.78 is 15.1. The zero-order chi connectivity index (χ0) is 18.4. The van der Waals surface area contributed by atoms with Crippen LogP contribution in [0.2, 0.25) is 0 Å². The SMILES string of the molecule is COC(=O)NCCC(N)C(=O)N(C)C(C)Cc1ccc2c(c1)OCO2. The van der Waals surface area contributed by atoms with Crippen molar-refractivity contribution in [1.82, 2.24) is 10.2 Å². The minimum absolute atomic E-state index is 0.0347. The molecule has 0 bridgehead atoms. The summed E-state index contributed by atoms with van der Waals surface area (Å²) in [7, 11) is 3.01. The van der Waals surface area contributed by atoms with E-state index in [2.05, 4.69) is 10.1 Å². The highest BCUT2D eigenvalue weighted by Gasteiger charge is 2.23. The number of carbonyl (C=O) groups is 2. The van der Waals surface area contributed by atoms with Crippen LogP contribution in [-0.2, 0) is 16.0 Å². The molecule has 1 aliphatic rings. The highest BCUT2D eigenvalue weighted by atomic mass is 16.7. The van der Waals surface area contributed by atoms with Crippen LogP contribution in [-0.4, -0.2) is 56.5 Å². The van der Waals surface area contributed by atoms with E-state index < -0.39 is 12.1 Å². The summed E-state index contributed by atoms with van der Waals surface area (Å²) in [5.74, 6) is 1.30. The van der Waals surface area contributed by atoms with Gasteiger partial charge >= 0.3 is 6.09 Å². The van der Waals surface area contributed by atoms with Gasteiger partial charge in [-0.3, -0.25) is 4.79 Å². The van der Waals surface area contributed by atoms with Gasteiger partial charge in [0, 0.05) is 19.6 Å². The van der Waals surface area contributed by atoms with Gasteiger partial charge in [-0.15, -0.1) is 0 Å². The van der Waals surface area contributed by atoms with E-state index in [-0.39, 0.29) is 25.3 Å². The third-order valence-corrected chi connectivity index (χ3v) is 4.20. The van der Waals surface area contributed by atoms with E-state index in [0.717, 1.165) is 17.1 Å². The zero-order valence-corrected chi connectivity index (χ0v) is 14.8. The maximum atomic E-state index is 12.4. The molecule has 138 valence electrons. The number of hydrogen-bond acceptors (Lipinski definition) is 6. The van der Waals surface area contributed by atoms with Crippen molar-refractivity contribution in [2.24, 2.45) is 5.73 Å². The fourth-order valence-electron chi connectivity index (χ4n) is 2.55. The van der Waals surface area contributed by atoms with Gasteiger partial charge in [0.2, 0.25) is 12.7 Å². The Morgan fingerprint density at radius 3 is 2.80 bits per heavy atom. The third kappa shape index (κ3) is 4.99. The molecule has 0 spiro atoms. The molecular formula is C17H25N3O5. The molecule has 2 amide bonds. The van der Waals surface area contributed by atoms with E-state index in [1.165, 1.54) is 7.11 Å². The van der Waals surface area contributed by atoms with Gasteiger partial charge in [0.05, 0.1) is 13.2 Å². The summed E-state index contributed by atoms with van der Waals surface area (Å²) >= 11 is 0. The summed E-state index contributed by atoms with van der Waals surface area (Å²) in [5, 5.41) is 2.51. The third-order valence-electron chi connectivity index (χ3n) is 4.20. The molecular weight excluding hydrogens is 326 g/mol. The van der Waals surface area contributed by atoms with Crippen LogP contribution >= 0.6 is 0 Å². The summed E-state index contributed by atoms with van der Waals surface area (Å²) in [6.07, 6.45) is 0.477. The molecule has 8 heteroatoms. The summed E-state index contributed by atoms with van der Waals surface area (Å²) in [4.78, 5) is 25.1. The number of likely N-dealkylation sites (N-methyl/N-ethyl adjacent to an activating group) is 1. The van der Waals surface area contributed by atoms with Crippen LogP contribution in [0.5, 0.6) is 11.5 Å². The molecule has 3 N–H and O–H groups in total. The second kappa shape index (κ2) is 8.57. The number of nitrogens with one attached hydrogen (secondary N) is 1. The maximum Gasteiger partial charge on any atom is 0.406 e. The second-order valence-corrected chi connectivity index (χ2v) is 6.00. The fourth-order valence-corrected chi connectivity index (χ4v) is 2.55. The number of rotatable bonds is 7. The Hall–Kier alpha value is -2.48. The Morgan fingerprint density at radius 1 is 1.36 bits per heavy atom. The highest BCUT2D eigenvalue weighted by molar-refractivity contribution is 5.81. The molecule has 1 aliphatic heterocycles. The van der Waals surface area contributed by atoms with Crippen molar-refractivity contribution in [2.75, 3.05) is 27.5 Å². The number of fused-ring (bicyclic) bond motifs is 1. The molecule has 2 atom stereocenters. The number of benzene rings is 1. The van der Waals surface area contributed by atoms with Gasteiger partial charge in [0.25, 0.3) is 0 Å². The molecule has 2 unspecified atom stereocenters. The number of alkyl carbamates (subject to hydrolysis) is 1. The second-order valence-electron chi connectivity index (χ2n) is 6.00. The Balaban J connectivity index is 1.84. The Bertz CT molecular complexity index is 622. The van der Waals surface area contributed by atoms with E-state index >= 15 is 0 Å². The topological polar surface area (TPSA) is 103 Å². The fraction of sp³-hybridized carbons (Fsp3) is 0.529. The summed E-state index contributed by atoms with van der Waals surface area (Å²) in [5.41, 5.74) is 6.98. The lowest BCUT2D eigenvalue weighted by Gasteiger charge is -2.28. The summed E-state index contributed by atoms with van der Waals surface area (Å²) in [6.45, 7) is 2.48. The predicted molar refractivity (Wildman–Crippen MR) is 91.5 cm³/mol. The number of methoxy groups -OCH3 is 1. The first-order valence-corrected chi connectivity index (χ1v) is 8.15. The van der Waals surface area contributed by atoms with Gasteiger partial charge in [-0.2, -0.15) is 0 Å². The number of carbonyl (C=O) groups excluding carboxylic acids is 2. The van der Waals surface area contributed by atoms with Crippen LogP contribution < -0.4 is 20.5 Å². The molecule has 8 nitrogen and oxygen atoms in total. The van der Waals surface area contributed by atoms with Gasteiger partial charge in [-0.05, 0) is 37.5 Å². The molecule has 0 saturated heterocycles. The van der Waals surface area contributed by atoms with Crippen molar-refractivity contribution in [2.45, 2.75) is 31.8 Å². The minimum Gasteiger partial charge on any atom is -0.454 e. The van der Waals surface area contributed by atoms with Gasteiger partial charge in [0.15, 0.2) is 11.5 Å². The van der Waals surface area contributed by atoms with E-state index in [4.69, 9.17) is 15.2 Å². The molecule has 0 aliphatic carbocycles. The average molecular weight is 351 g/mol. The normalized spacial score (nSPS) is 14.6. The van der Waals surface area contributed by atoms with Crippen LogP contribution in [0.15, 0.2) is 18.2 Å². The van der Waals surface area contributed by atoms with Crippen LogP contribution in [0.3, 0.4) is 0 Å². The number of amides is 2. The molecule has 25 heavy (non-hydrogen) atoms. The van der Waals surface area contributed by atoms with Gasteiger partial charge in [-0.1, -0.05) is 6.07 Å². The smallest absolute Gasteiger partial charge is 0.406 e. The first kappa shape index (κ1) is 18.9. The standard InChI is InChI=1S/C17H25N3O5/c1-11(8-12-4-5-14-15(9-12)25-10-24-14)20(2)16(21)13(18)6-7-19-17(22)23-3/h4-5,9,11,13H,6-8,10,18H2,1-3H3,(H,19,22). The van der Waals surface area contributed by atoms with Gasteiger partial charge < -0.3 is 30.2 Å². The molecule has 0 fully saturated rings. The van der Waals surface area contributed by atoms with Crippen molar-refractivity contribution in [1.29, 1.82) is 0 Å². The monoisotopic (exact) mass is 351 g/mol. The van der Waals surface area contributed by atoms with E-state index in [1.54, 1.807) is 11.9 Å². The van der Waals surface area contributed by atoms with E-state index in [0.29, 0.717) is 12.8 Å². The molecule has 2 rings (SSSR count). The van der Waals surface area contributed by atoms with Crippen molar-refractivity contribution >= 4 is 12.0 Å². The quantitative estimate of drug-likeness (QED) is 0.756. The van der Waals surface area contributed by atoms with Crippen LogP contribution in [0.25, 0.3) is 0 Å². The van der Waals surface area contributed by atoms with Crippen LogP contribution in [0.4, 0.5) is 4.79 Å². The Kier molecular flexibility index (Phi) is 6.46. The molecule has 0 aromatic heterocycles. The first-order valence-electron chi connectivity index (χ1n) is 8.15. The van der Waals surface area contributed by atoms with Crippen molar-refractivity contribution in [3.8, 4) is 11.5 Å². The zero-order valence-electron chi connectivity index (χ0n) is 14.8. The molecule has 1 heterocycles. The van der Waals surface area contributed by atoms with E-state index in [9.17, 15) is 9.59 Å². The average Bonchev–Trinajstić information content (AvgIpc) is 3.07. The van der Waals surface area contributed by atoms with E-state index in [1.807, 2.05) is 25.1 Å². The van der Waals surface area contributed by atoms with Crippen LogP contribution in [0.1, 0.15) is 18.9 Å². The Morgan fingerprint density at radius 2 is 2.08 bits per heavy atom. The lowest BCUT2D eigenvalue weighted by atomic mass is 10.0. The molecule has 0 radical (unpaired) electrons. The lowest BCUT2D eigenvalue weighted by molar-refractivity contribution is -0.133. The predicted octanol–water partition coefficient (Wildman–Crippen LogP) is 0.878. The number of nitrogens with zero attached hydrogens (tertiary/aromatic N) is 1. The lowest BCUT2D eigenvalue weighted by Crippen LogP contribution is -2.47. The van der Waals surface area contributed by atoms with Crippen molar-refractivity contribution in [3.63, 3.8) is 0 Å². The number of nitrogens with two attached hydrogens (primary N) is 1. The number of ether oxygens (including phenoxy) is 3. The largest absolute Gasteiger partial charge is 0.454 e. The minimum atomic E-state index is -0.679. The number of hydrogen-bond donors (Lipinski definition) is 2. The molecule has 1 aromatic rings. The molecule has 0 saturated carbocycles. The summed E-state index contributed by atoms with van der Waals surface area (Å²) in [6, 6.07) is 5.05. The van der Waals surface area contributed by atoms with Gasteiger partial charge in [-0.25, -0.2) is 4.79 Å². The Labute approximate surface area is 147 Å².